The van der Waals surface area contributed by atoms with Gasteiger partial charge in [-0.05, 0) is 25.7 Å². The van der Waals surface area contributed by atoms with Gasteiger partial charge in [0.05, 0.1) is 12.6 Å². The molecule has 7 nitrogen and oxygen atoms in total. The Labute approximate surface area is 112 Å². The van der Waals surface area contributed by atoms with Crippen molar-refractivity contribution >= 4 is 17.8 Å². The molecule has 0 bridgehead atoms. The van der Waals surface area contributed by atoms with Gasteiger partial charge in [0.2, 0.25) is 11.8 Å². The molecule has 0 aromatic heterocycles. The first-order valence-electron chi connectivity index (χ1n) is 6.53. The number of amides is 2. The number of likely N-dealkylation sites (tertiary alicyclic amines) is 1. The average molecular weight is 271 g/mol. The summed E-state index contributed by atoms with van der Waals surface area (Å²) in [5.74, 6) is -1.59. The molecule has 4 N–H and O–H groups in total. The third kappa shape index (κ3) is 5.69. The molecule has 0 aromatic carbocycles. The van der Waals surface area contributed by atoms with Gasteiger partial charge in [-0.25, -0.2) is 0 Å². The Kier molecular flexibility index (Phi) is 6.27. The maximum absolute atomic E-state index is 11.8. The molecule has 0 spiro atoms. The molecule has 1 aliphatic heterocycles. The smallest absolute Gasteiger partial charge is 0.303 e. The summed E-state index contributed by atoms with van der Waals surface area (Å²) in [5.41, 5.74) is 5.53. The molecule has 0 saturated carbocycles. The van der Waals surface area contributed by atoms with E-state index in [4.69, 9.17) is 10.8 Å². The van der Waals surface area contributed by atoms with Crippen LogP contribution in [0, 0.1) is 0 Å². The molecule has 1 aliphatic rings. The zero-order chi connectivity index (χ0) is 14.3. The Morgan fingerprint density at radius 1 is 1.21 bits per heavy atom. The number of nitrogens with two attached hydrogens (primary N) is 1. The monoisotopic (exact) mass is 271 g/mol. The number of carbonyl (C=O) groups is 3. The van der Waals surface area contributed by atoms with Gasteiger partial charge in [0, 0.05) is 19.5 Å². The van der Waals surface area contributed by atoms with Gasteiger partial charge < -0.3 is 21.1 Å². The highest BCUT2D eigenvalue weighted by molar-refractivity contribution is 5.87. The van der Waals surface area contributed by atoms with E-state index in [0.29, 0.717) is 0 Å². The van der Waals surface area contributed by atoms with Crippen molar-refractivity contribution < 1.29 is 19.5 Å². The van der Waals surface area contributed by atoms with Crippen LogP contribution in [0.4, 0.5) is 0 Å². The number of piperidine rings is 1. The second-order valence-electron chi connectivity index (χ2n) is 4.70. The summed E-state index contributed by atoms with van der Waals surface area (Å²) in [7, 11) is 0. The summed E-state index contributed by atoms with van der Waals surface area (Å²) >= 11 is 0. The summed E-state index contributed by atoms with van der Waals surface area (Å²) in [6.45, 7) is 1.40. The second-order valence-corrected chi connectivity index (χ2v) is 4.70. The van der Waals surface area contributed by atoms with Crippen LogP contribution in [0.1, 0.15) is 32.1 Å². The Balaban J connectivity index is 2.24. The van der Waals surface area contributed by atoms with Crippen LogP contribution in [0.15, 0.2) is 0 Å². The largest absolute Gasteiger partial charge is 0.481 e. The summed E-state index contributed by atoms with van der Waals surface area (Å²) in [5, 5.41) is 10.9. The third-order valence-corrected chi connectivity index (χ3v) is 3.13. The first-order valence-corrected chi connectivity index (χ1v) is 6.53. The van der Waals surface area contributed by atoms with E-state index < -0.39 is 17.9 Å². The van der Waals surface area contributed by atoms with E-state index in [9.17, 15) is 14.4 Å². The number of rotatable bonds is 6. The highest BCUT2D eigenvalue weighted by Crippen LogP contribution is 2.08. The van der Waals surface area contributed by atoms with Gasteiger partial charge in [-0.3, -0.25) is 14.4 Å². The number of hydrogen-bond donors (Lipinski definition) is 3. The molecule has 1 atom stereocenters. The van der Waals surface area contributed by atoms with E-state index in [1.54, 1.807) is 4.90 Å². The van der Waals surface area contributed by atoms with Crippen LogP contribution in [0.5, 0.6) is 0 Å². The molecule has 7 heteroatoms. The van der Waals surface area contributed by atoms with E-state index in [-0.39, 0.29) is 25.3 Å². The number of carbonyl (C=O) groups excluding carboxylic acids is 2. The minimum atomic E-state index is -0.993. The normalized spacial score (nSPS) is 16.8. The first-order chi connectivity index (χ1) is 9.00. The van der Waals surface area contributed by atoms with Gasteiger partial charge in [-0.1, -0.05) is 0 Å². The Morgan fingerprint density at radius 3 is 2.42 bits per heavy atom. The zero-order valence-electron chi connectivity index (χ0n) is 10.9. The van der Waals surface area contributed by atoms with Crippen LogP contribution in [-0.2, 0) is 14.4 Å². The predicted molar refractivity (Wildman–Crippen MR) is 68.3 cm³/mol. The topological polar surface area (TPSA) is 113 Å². The van der Waals surface area contributed by atoms with Crippen LogP contribution >= 0.6 is 0 Å². The van der Waals surface area contributed by atoms with Crippen molar-refractivity contribution in [2.24, 2.45) is 5.73 Å². The van der Waals surface area contributed by atoms with Gasteiger partial charge in [0.1, 0.15) is 0 Å². The summed E-state index contributed by atoms with van der Waals surface area (Å²) in [4.78, 5) is 35.4. The Bertz CT molecular complexity index is 340. The number of aliphatic carboxylic acids is 1. The third-order valence-electron chi connectivity index (χ3n) is 3.13. The quantitative estimate of drug-likeness (QED) is 0.591. The molecule has 0 radical (unpaired) electrons. The van der Waals surface area contributed by atoms with Gasteiger partial charge in [0.15, 0.2) is 0 Å². The molecule has 1 heterocycles. The van der Waals surface area contributed by atoms with Crippen molar-refractivity contribution in [3.05, 3.63) is 0 Å². The fourth-order valence-electron chi connectivity index (χ4n) is 1.96. The van der Waals surface area contributed by atoms with E-state index >= 15 is 0 Å². The lowest BCUT2D eigenvalue weighted by Gasteiger charge is -2.26. The van der Waals surface area contributed by atoms with Crippen molar-refractivity contribution in [1.29, 1.82) is 0 Å². The van der Waals surface area contributed by atoms with Crippen LogP contribution in [0.3, 0.4) is 0 Å². The lowest BCUT2D eigenvalue weighted by atomic mass is 10.1. The lowest BCUT2D eigenvalue weighted by Crippen LogP contribution is -2.47. The molecule has 108 valence electrons. The molecule has 0 aromatic rings. The van der Waals surface area contributed by atoms with Gasteiger partial charge >= 0.3 is 5.97 Å². The van der Waals surface area contributed by atoms with E-state index in [2.05, 4.69) is 5.32 Å². The second kappa shape index (κ2) is 7.73. The molecule has 1 unspecified atom stereocenters. The highest BCUT2D eigenvalue weighted by atomic mass is 16.4. The summed E-state index contributed by atoms with van der Waals surface area (Å²) in [6, 6.07) is -0.884. The predicted octanol–water partition coefficient (Wildman–Crippen LogP) is -0.693. The molecular formula is C12H21N3O4. The van der Waals surface area contributed by atoms with Crippen molar-refractivity contribution in [3.8, 4) is 0 Å². The number of hydrogen-bond acceptors (Lipinski definition) is 4. The van der Waals surface area contributed by atoms with Crippen LogP contribution < -0.4 is 11.1 Å². The molecule has 0 aliphatic carbocycles. The molecule has 19 heavy (non-hydrogen) atoms. The van der Waals surface area contributed by atoms with Crippen molar-refractivity contribution in [1.82, 2.24) is 10.2 Å². The minimum Gasteiger partial charge on any atom is -0.481 e. The van der Waals surface area contributed by atoms with E-state index in [1.807, 2.05) is 0 Å². The van der Waals surface area contributed by atoms with E-state index in [0.717, 1.165) is 32.4 Å². The van der Waals surface area contributed by atoms with Crippen LogP contribution in [0.2, 0.25) is 0 Å². The number of carboxylic acids is 1. The highest BCUT2D eigenvalue weighted by Gasteiger charge is 2.19. The minimum absolute atomic E-state index is 0.0685. The first kappa shape index (κ1) is 15.4. The fraction of sp³-hybridized carbons (Fsp3) is 0.750. The van der Waals surface area contributed by atoms with Crippen molar-refractivity contribution in [2.75, 3.05) is 19.6 Å². The van der Waals surface area contributed by atoms with Crippen LogP contribution in [0.25, 0.3) is 0 Å². The number of nitrogens with one attached hydrogen (secondary N) is 1. The molecule has 1 rings (SSSR count). The Morgan fingerprint density at radius 2 is 1.84 bits per heavy atom. The number of carboxylic acid groups (broad SMARTS) is 1. The van der Waals surface area contributed by atoms with Gasteiger partial charge in [-0.15, -0.1) is 0 Å². The van der Waals surface area contributed by atoms with Gasteiger partial charge in [-0.2, -0.15) is 0 Å². The van der Waals surface area contributed by atoms with E-state index in [1.165, 1.54) is 0 Å². The molecule has 2 amide bonds. The zero-order valence-corrected chi connectivity index (χ0v) is 10.9. The maximum Gasteiger partial charge on any atom is 0.303 e. The summed E-state index contributed by atoms with van der Waals surface area (Å²) < 4.78 is 0. The SMILES string of the molecule is NC(CCC(=O)O)C(=O)NCC(=O)N1CCCCC1. The lowest BCUT2D eigenvalue weighted by molar-refractivity contribution is -0.137. The standard InChI is InChI=1S/C12H21N3O4/c13-9(4-5-11(17)18)12(19)14-8-10(16)15-6-2-1-3-7-15/h9H,1-8,13H2,(H,14,19)(H,17,18). The fourth-order valence-corrected chi connectivity index (χ4v) is 1.96. The summed E-state index contributed by atoms with van der Waals surface area (Å²) in [6.07, 6.45) is 3.04. The van der Waals surface area contributed by atoms with Crippen molar-refractivity contribution in [3.63, 3.8) is 0 Å². The molecule has 1 saturated heterocycles. The van der Waals surface area contributed by atoms with Crippen LogP contribution in [-0.4, -0.2) is 53.5 Å². The maximum atomic E-state index is 11.8. The number of nitrogens with zero attached hydrogens (tertiary/aromatic N) is 1. The molecular weight excluding hydrogens is 250 g/mol. The van der Waals surface area contributed by atoms with Gasteiger partial charge in [0.25, 0.3) is 0 Å². The molecule has 1 fully saturated rings. The average Bonchev–Trinajstić information content (AvgIpc) is 2.42. The van der Waals surface area contributed by atoms with Crippen molar-refractivity contribution in [2.45, 2.75) is 38.1 Å². The Hall–Kier alpha value is -1.63.